The summed E-state index contributed by atoms with van der Waals surface area (Å²) in [6, 6.07) is 4.02. The molecular formula is C22H32N6O. The van der Waals surface area contributed by atoms with Crippen molar-refractivity contribution in [2.24, 2.45) is 5.92 Å². The molecule has 2 aliphatic heterocycles. The Labute approximate surface area is 173 Å². The van der Waals surface area contributed by atoms with Crippen LogP contribution in [-0.4, -0.2) is 81.2 Å². The number of carbonyl (C=O) groups is 1. The molecule has 0 saturated carbocycles. The summed E-state index contributed by atoms with van der Waals surface area (Å²) in [6.45, 7) is 13.5. The van der Waals surface area contributed by atoms with Gasteiger partial charge in [0.15, 0.2) is 0 Å². The van der Waals surface area contributed by atoms with E-state index in [1.165, 1.54) is 5.56 Å². The third-order valence-electron chi connectivity index (χ3n) is 5.79. The Bertz CT molecular complexity index is 853. The van der Waals surface area contributed by atoms with Gasteiger partial charge < -0.3 is 4.90 Å². The summed E-state index contributed by atoms with van der Waals surface area (Å²) in [6.07, 6.45) is 4.81. The zero-order valence-corrected chi connectivity index (χ0v) is 17.8. The van der Waals surface area contributed by atoms with Gasteiger partial charge in [0.1, 0.15) is 0 Å². The van der Waals surface area contributed by atoms with Crippen molar-refractivity contribution in [3.8, 4) is 5.69 Å². The van der Waals surface area contributed by atoms with E-state index in [1.807, 2.05) is 34.8 Å². The van der Waals surface area contributed by atoms with E-state index in [2.05, 4.69) is 34.8 Å². The second-order valence-electron chi connectivity index (χ2n) is 8.74. The Morgan fingerprint density at radius 3 is 2.66 bits per heavy atom. The average molecular weight is 397 g/mol. The number of aromatic nitrogens is 3. The molecule has 1 amide bonds. The Balaban J connectivity index is 1.33. The first-order valence-corrected chi connectivity index (χ1v) is 10.7. The van der Waals surface area contributed by atoms with Crippen LogP contribution in [0.3, 0.4) is 0 Å². The summed E-state index contributed by atoms with van der Waals surface area (Å²) >= 11 is 0. The molecule has 1 saturated heterocycles. The summed E-state index contributed by atoms with van der Waals surface area (Å²) in [5.41, 5.74) is 4.39. The van der Waals surface area contributed by atoms with Crippen LogP contribution in [0.15, 0.2) is 24.5 Å². The molecule has 0 aromatic carbocycles. The van der Waals surface area contributed by atoms with Gasteiger partial charge in [-0.3, -0.25) is 19.6 Å². The van der Waals surface area contributed by atoms with Crippen molar-refractivity contribution >= 4 is 5.91 Å². The average Bonchev–Trinajstić information content (AvgIpc) is 3.11. The highest BCUT2D eigenvalue weighted by Gasteiger charge is 2.26. The number of rotatable bonds is 5. The van der Waals surface area contributed by atoms with Crippen molar-refractivity contribution in [3.63, 3.8) is 0 Å². The van der Waals surface area contributed by atoms with Gasteiger partial charge in [-0.05, 0) is 25.0 Å². The Hall–Kier alpha value is -2.25. The van der Waals surface area contributed by atoms with Crippen molar-refractivity contribution < 1.29 is 4.79 Å². The van der Waals surface area contributed by atoms with Crippen LogP contribution in [-0.2, 0) is 17.8 Å². The van der Waals surface area contributed by atoms with E-state index < -0.39 is 0 Å². The zero-order valence-electron chi connectivity index (χ0n) is 17.8. The van der Waals surface area contributed by atoms with Crippen molar-refractivity contribution in [1.29, 1.82) is 0 Å². The molecule has 0 N–H and O–H groups in total. The van der Waals surface area contributed by atoms with Gasteiger partial charge in [-0.15, -0.1) is 0 Å². The van der Waals surface area contributed by atoms with Crippen molar-refractivity contribution in [2.45, 2.75) is 33.7 Å². The molecule has 1 fully saturated rings. The van der Waals surface area contributed by atoms with Crippen LogP contribution in [0.4, 0.5) is 0 Å². The lowest BCUT2D eigenvalue weighted by Crippen LogP contribution is -2.52. The highest BCUT2D eigenvalue weighted by molar-refractivity contribution is 5.78. The summed E-state index contributed by atoms with van der Waals surface area (Å²) < 4.78 is 1.94. The first kappa shape index (κ1) is 20.0. The molecule has 2 aliphatic rings. The van der Waals surface area contributed by atoms with Gasteiger partial charge in [-0.1, -0.05) is 13.8 Å². The number of pyridine rings is 1. The lowest BCUT2D eigenvalue weighted by Gasteiger charge is -2.36. The highest BCUT2D eigenvalue weighted by atomic mass is 16.2. The standard InChI is InChI=1S/C22H32N6O/c1-17(2)13-25-8-10-27(11-9-25)22(29)16-26-7-5-21-19(14-26)15-28(24-21)20-4-6-23-18(3)12-20/h4,6,12,15,17H,5,7-11,13-14,16H2,1-3H3. The molecule has 0 atom stereocenters. The Kier molecular flexibility index (Phi) is 5.96. The molecule has 7 heteroatoms. The molecule has 0 radical (unpaired) electrons. The molecule has 0 aliphatic carbocycles. The van der Waals surface area contributed by atoms with Crippen molar-refractivity contribution in [2.75, 3.05) is 45.8 Å². The van der Waals surface area contributed by atoms with Gasteiger partial charge in [0.05, 0.1) is 17.9 Å². The minimum atomic E-state index is 0.259. The molecular weight excluding hydrogens is 364 g/mol. The van der Waals surface area contributed by atoms with E-state index in [0.717, 1.165) is 69.3 Å². The highest BCUT2D eigenvalue weighted by Crippen LogP contribution is 2.20. The van der Waals surface area contributed by atoms with E-state index in [1.54, 1.807) is 0 Å². The normalized spacial score (nSPS) is 18.3. The molecule has 4 rings (SSSR count). The molecule has 2 aromatic heterocycles. The second kappa shape index (κ2) is 8.63. The van der Waals surface area contributed by atoms with Crippen LogP contribution in [0, 0.1) is 12.8 Å². The van der Waals surface area contributed by atoms with Crippen LogP contribution in [0.25, 0.3) is 5.69 Å². The van der Waals surface area contributed by atoms with E-state index in [0.29, 0.717) is 12.5 Å². The summed E-state index contributed by atoms with van der Waals surface area (Å²) in [4.78, 5) is 23.8. The van der Waals surface area contributed by atoms with Crippen molar-refractivity contribution in [1.82, 2.24) is 29.5 Å². The number of piperazine rings is 1. The van der Waals surface area contributed by atoms with Gasteiger partial charge in [0, 0.05) is 75.9 Å². The Morgan fingerprint density at radius 2 is 1.93 bits per heavy atom. The van der Waals surface area contributed by atoms with E-state index in [-0.39, 0.29) is 5.91 Å². The zero-order chi connectivity index (χ0) is 20.4. The molecule has 29 heavy (non-hydrogen) atoms. The van der Waals surface area contributed by atoms with E-state index >= 15 is 0 Å². The summed E-state index contributed by atoms with van der Waals surface area (Å²) in [7, 11) is 0. The third kappa shape index (κ3) is 4.85. The number of aryl methyl sites for hydroxylation is 1. The Morgan fingerprint density at radius 1 is 1.14 bits per heavy atom. The van der Waals surface area contributed by atoms with Crippen LogP contribution in [0.1, 0.15) is 30.8 Å². The number of nitrogens with zero attached hydrogens (tertiary/aromatic N) is 6. The predicted octanol–water partition coefficient (Wildman–Crippen LogP) is 1.73. The summed E-state index contributed by atoms with van der Waals surface area (Å²) in [5, 5.41) is 4.76. The smallest absolute Gasteiger partial charge is 0.236 e. The lowest BCUT2D eigenvalue weighted by atomic mass is 10.1. The fourth-order valence-corrected chi connectivity index (χ4v) is 4.30. The lowest BCUT2D eigenvalue weighted by molar-refractivity contribution is -0.134. The topological polar surface area (TPSA) is 57.5 Å². The second-order valence-corrected chi connectivity index (χ2v) is 8.74. The number of hydrogen-bond acceptors (Lipinski definition) is 5. The largest absolute Gasteiger partial charge is 0.339 e. The quantitative estimate of drug-likeness (QED) is 0.771. The number of amides is 1. The minimum absolute atomic E-state index is 0.259. The fourth-order valence-electron chi connectivity index (χ4n) is 4.30. The van der Waals surface area contributed by atoms with Gasteiger partial charge in [-0.25, -0.2) is 4.68 Å². The molecule has 2 aromatic rings. The van der Waals surface area contributed by atoms with Gasteiger partial charge in [-0.2, -0.15) is 5.10 Å². The monoisotopic (exact) mass is 396 g/mol. The molecule has 156 valence electrons. The first-order chi connectivity index (χ1) is 14.0. The van der Waals surface area contributed by atoms with Gasteiger partial charge in [0.2, 0.25) is 5.91 Å². The van der Waals surface area contributed by atoms with Crippen LogP contribution < -0.4 is 0 Å². The minimum Gasteiger partial charge on any atom is -0.339 e. The fraction of sp³-hybridized carbons (Fsp3) is 0.591. The van der Waals surface area contributed by atoms with E-state index in [9.17, 15) is 4.79 Å². The van der Waals surface area contributed by atoms with Crippen LogP contribution in [0.2, 0.25) is 0 Å². The molecule has 7 nitrogen and oxygen atoms in total. The summed E-state index contributed by atoms with van der Waals surface area (Å²) in [5.74, 6) is 0.937. The molecule has 4 heterocycles. The molecule has 0 unspecified atom stereocenters. The maximum atomic E-state index is 12.8. The van der Waals surface area contributed by atoms with Crippen molar-refractivity contribution in [3.05, 3.63) is 41.5 Å². The first-order valence-electron chi connectivity index (χ1n) is 10.7. The van der Waals surface area contributed by atoms with E-state index in [4.69, 9.17) is 5.10 Å². The molecule has 0 bridgehead atoms. The number of fused-ring (bicyclic) bond motifs is 1. The third-order valence-corrected chi connectivity index (χ3v) is 5.79. The number of carbonyl (C=O) groups excluding carboxylic acids is 1. The molecule has 0 spiro atoms. The predicted molar refractivity (Wildman–Crippen MR) is 113 cm³/mol. The van der Waals surface area contributed by atoms with Gasteiger partial charge >= 0.3 is 0 Å². The van der Waals surface area contributed by atoms with Crippen LogP contribution in [0.5, 0.6) is 0 Å². The van der Waals surface area contributed by atoms with Crippen LogP contribution >= 0.6 is 0 Å². The number of hydrogen-bond donors (Lipinski definition) is 0. The maximum Gasteiger partial charge on any atom is 0.236 e. The maximum absolute atomic E-state index is 12.8. The SMILES string of the molecule is Cc1cc(-n2cc3c(n2)CCN(CC(=O)N2CCN(CC(C)C)CC2)C3)ccn1. The van der Waals surface area contributed by atoms with Gasteiger partial charge in [0.25, 0.3) is 0 Å².